The molecule has 5 nitrogen and oxygen atoms in total. The Morgan fingerprint density at radius 3 is 3.00 bits per heavy atom. The summed E-state index contributed by atoms with van der Waals surface area (Å²) in [5, 5.41) is 13.6. The van der Waals surface area contributed by atoms with E-state index in [1.165, 1.54) is 17.3 Å². The highest BCUT2D eigenvalue weighted by Crippen LogP contribution is 2.31. The van der Waals surface area contributed by atoms with Crippen LogP contribution in [0.5, 0.6) is 0 Å². The highest BCUT2D eigenvalue weighted by atomic mass is 32.2. The van der Waals surface area contributed by atoms with Crippen molar-refractivity contribution in [1.29, 1.82) is 0 Å². The monoisotopic (exact) mass is 286 g/mol. The average molecular weight is 286 g/mol. The molecule has 0 spiro atoms. The van der Waals surface area contributed by atoms with Crippen LogP contribution in [0.15, 0.2) is 45.7 Å². The van der Waals surface area contributed by atoms with Crippen molar-refractivity contribution in [1.82, 2.24) is 9.97 Å². The van der Waals surface area contributed by atoms with Gasteiger partial charge in [-0.2, -0.15) is 0 Å². The molecule has 2 aromatic heterocycles. The van der Waals surface area contributed by atoms with Crippen molar-refractivity contribution in [3.05, 3.63) is 47.3 Å². The maximum absolute atomic E-state index is 8.94. The van der Waals surface area contributed by atoms with Gasteiger partial charge in [0.1, 0.15) is 10.1 Å². The Bertz CT molecular complexity index is 658. The molecule has 0 aromatic carbocycles. The first-order chi connectivity index (χ1) is 9.78. The van der Waals surface area contributed by atoms with Gasteiger partial charge in [-0.3, -0.25) is 0 Å². The molecule has 0 amide bonds. The van der Waals surface area contributed by atoms with Crippen LogP contribution in [0, 0.1) is 0 Å². The molecule has 0 atom stereocenters. The first-order valence-electron chi connectivity index (χ1n) is 6.37. The van der Waals surface area contributed by atoms with E-state index in [1.807, 2.05) is 24.3 Å². The van der Waals surface area contributed by atoms with E-state index in [2.05, 4.69) is 15.1 Å². The molecule has 0 radical (unpaired) electrons. The minimum absolute atomic E-state index is 0.0885. The van der Waals surface area contributed by atoms with Crippen LogP contribution in [0.4, 0.5) is 0 Å². The van der Waals surface area contributed by atoms with Gasteiger partial charge >= 0.3 is 0 Å². The first kappa shape index (κ1) is 12.9. The Kier molecular flexibility index (Phi) is 3.56. The fraction of sp³-hybridized carbons (Fsp3) is 0.214. The fourth-order valence-corrected chi connectivity index (χ4v) is 3.16. The van der Waals surface area contributed by atoms with E-state index in [4.69, 9.17) is 10.9 Å². The van der Waals surface area contributed by atoms with Gasteiger partial charge in [0.15, 0.2) is 5.84 Å². The van der Waals surface area contributed by atoms with Crippen molar-refractivity contribution < 1.29 is 5.21 Å². The Morgan fingerprint density at radius 1 is 1.35 bits per heavy atom. The van der Waals surface area contributed by atoms with Gasteiger partial charge < -0.3 is 10.9 Å². The second-order valence-corrected chi connectivity index (χ2v) is 5.56. The van der Waals surface area contributed by atoms with Crippen LogP contribution in [0.25, 0.3) is 0 Å². The van der Waals surface area contributed by atoms with Crippen LogP contribution >= 0.6 is 11.8 Å². The quantitative estimate of drug-likeness (QED) is 0.391. The zero-order chi connectivity index (χ0) is 13.9. The lowest BCUT2D eigenvalue weighted by Gasteiger charge is -2.09. The molecule has 0 fully saturated rings. The number of pyridine rings is 2. The van der Waals surface area contributed by atoms with E-state index in [-0.39, 0.29) is 5.84 Å². The molecule has 0 aliphatic heterocycles. The molecule has 3 N–H and O–H groups in total. The third kappa shape index (κ3) is 2.46. The van der Waals surface area contributed by atoms with E-state index in [0.717, 1.165) is 35.0 Å². The predicted octanol–water partition coefficient (Wildman–Crippen LogP) is 2.21. The van der Waals surface area contributed by atoms with Crippen molar-refractivity contribution in [2.75, 3.05) is 0 Å². The van der Waals surface area contributed by atoms with Gasteiger partial charge in [0.25, 0.3) is 0 Å². The Labute approximate surface area is 120 Å². The summed E-state index contributed by atoms with van der Waals surface area (Å²) in [6, 6.07) is 7.68. The summed E-state index contributed by atoms with van der Waals surface area (Å²) < 4.78 is 0. The lowest BCUT2D eigenvalue weighted by molar-refractivity contribution is 0.318. The van der Waals surface area contributed by atoms with Crippen molar-refractivity contribution in [3.8, 4) is 0 Å². The zero-order valence-electron chi connectivity index (χ0n) is 10.8. The summed E-state index contributed by atoms with van der Waals surface area (Å²) in [6.45, 7) is 0. The number of aromatic nitrogens is 2. The normalized spacial score (nSPS) is 14.3. The summed E-state index contributed by atoms with van der Waals surface area (Å²) in [4.78, 5) is 8.94. The molecule has 102 valence electrons. The van der Waals surface area contributed by atoms with E-state index in [0.29, 0.717) is 5.56 Å². The number of nitrogens with zero attached hydrogens (tertiary/aromatic N) is 3. The van der Waals surface area contributed by atoms with Crippen molar-refractivity contribution >= 4 is 17.6 Å². The maximum atomic E-state index is 8.94. The minimum atomic E-state index is 0.0885. The van der Waals surface area contributed by atoms with E-state index >= 15 is 0 Å². The number of hydrogen-bond acceptors (Lipinski definition) is 5. The molecule has 1 aliphatic rings. The number of amidine groups is 1. The van der Waals surface area contributed by atoms with Crippen LogP contribution in [0.3, 0.4) is 0 Å². The smallest absolute Gasteiger partial charge is 0.172 e. The summed E-state index contributed by atoms with van der Waals surface area (Å²) in [5.74, 6) is 0.0885. The Balaban J connectivity index is 2.04. The summed E-state index contributed by atoms with van der Waals surface area (Å²) in [5.41, 5.74) is 8.74. The summed E-state index contributed by atoms with van der Waals surface area (Å²) in [6.07, 6.45) is 4.83. The molecular formula is C14H14N4OS. The van der Waals surface area contributed by atoms with Gasteiger partial charge in [-0.15, -0.1) is 0 Å². The molecule has 6 heteroatoms. The van der Waals surface area contributed by atoms with E-state index in [9.17, 15) is 0 Å². The second-order valence-electron chi connectivity index (χ2n) is 4.56. The van der Waals surface area contributed by atoms with Crippen LogP contribution in [-0.2, 0) is 12.8 Å². The first-order valence-corrected chi connectivity index (χ1v) is 7.19. The van der Waals surface area contributed by atoms with E-state index in [1.54, 1.807) is 6.20 Å². The lowest BCUT2D eigenvalue weighted by Crippen LogP contribution is -2.16. The Hall–Kier alpha value is -2.08. The second kappa shape index (κ2) is 5.50. The molecule has 0 bridgehead atoms. The summed E-state index contributed by atoms with van der Waals surface area (Å²) in [7, 11) is 0. The standard InChI is InChI=1S/C14H14N4OS/c15-13(18-19)10-8-9-4-3-5-11(9)17-14(10)20-12-6-1-2-7-16-12/h1-2,6-8,19H,3-5H2,(H2,15,18). The molecule has 20 heavy (non-hydrogen) atoms. The van der Waals surface area contributed by atoms with Crippen LogP contribution in [-0.4, -0.2) is 21.0 Å². The number of oxime groups is 1. The van der Waals surface area contributed by atoms with Gasteiger partial charge in [0, 0.05) is 11.9 Å². The van der Waals surface area contributed by atoms with Gasteiger partial charge in [0.2, 0.25) is 0 Å². The average Bonchev–Trinajstić information content (AvgIpc) is 2.94. The molecule has 2 aromatic rings. The van der Waals surface area contributed by atoms with Gasteiger partial charge in [-0.1, -0.05) is 11.2 Å². The summed E-state index contributed by atoms with van der Waals surface area (Å²) >= 11 is 1.43. The molecular weight excluding hydrogens is 272 g/mol. The molecule has 0 saturated carbocycles. The van der Waals surface area contributed by atoms with Crippen LogP contribution in [0.2, 0.25) is 0 Å². The number of rotatable bonds is 3. The molecule has 2 heterocycles. The van der Waals surface area contributed by atoms with Gasteiger partial charge in [-0.05, 0) is 54.8 Å². The SMILES string of the molecule is NC(=NO)c1cc2c(nc1Sc1ccccn1)CCC2. The predicted molar refractivity (Wildman–Crippen MR) is 77.1 cm³/mol. The lowest BCUT2D eigenvalue weighted by atomic mass is 10.1. The minimum Gasteiger partial charge on any atom is -0.409 e. The third-order valence-electron chi connectivity index (χ3n) is 3.24. The van der Waals surface area contributed by atoms with Crippen molar-refractivity contribution in [3.63, 3.8) is 0 Å². The van der Waals surface area contributed by atoms with Gasteiger partial charge in [0.05, 0.1) is 5.56 Å². The molecule has 0 saturated heterocycles. The number of aryl methyl sites for hydroxylation is 2. The third-order valence-corrected chi connectivity index (χ3v) is 4.19. The maximum Gasteiger partial charge on any atom is 0.172 e. The van der Waals surface area contributed by atoms with Crippen molar-refractivity contribution in [2.24, 2.45) is 10.9 Å². The Morgan fingerprint density at radius 2 is 2.25 bits per heavy atom. The molecule has 0 unspecified atom stereocenters. The largest absolute Gasteiger partial charge is 0.409 e. The van der Waals surface area contributed by atoms with Crippen LogP contribution < -0.4 is 5.73 Å². The number of fused-ring (bicyclic) bond motifs is 1. The molecule has 3 rings (SSSR count). The topological polar surface area (TPSA) is 84.4 Å². The van der Waals surface area contributed by atoms with Crippen LogP contribution in [0.1, 0.15) is 23.2 Å². The number of hydrogen-bond donors (Lipinski definition) is 2. The highest BCUT2D eigenvalue weighted by molar-refractivity contribution is 7.99. The van der Waals surface area contributed by atoms with E-state index < -0.39 is 0 Å². The zero-order valence-corrected chi connectivity index (χ0v) is 11.6. The van der Waals surface area contributed by atoms with Crippen molar-refractivity contribution in [2.45, 2.75) is 29.3 Å². The number of nitrogens with two attached hydrogens (primary N) is 1. The molecule has 1 aliphatic carbocycles. The van der Waals surface area contributed by atoms with Gasteiger partial charge in [-0.25, -0.2) is 9.97 Å². The highest BCUT2D eigenvalue weighted by Gasteiger charge is 2.19. The fourth-order valence-electron chi connectivity index (χ4n) is 2.27.